The van der Waals surface area contributed by atoms with Gasteiger partial charge in [-0.3, -0.25) is 9.48 Å². The van der Waals surface area contributed by atoms with E-state index in [4.69, 9.17) is 0 Å². The largest absolute Gasteiger partial charge is 0.419 e. The third-order valence-corrected chi connectivity index (χ3v) is 5.52. The van der Waals surface area contributed by atoms with Crippen LogP contribution in [0.4, 0.5) is 13.2 Å². The quantitative estimate of drug-likeness (QED) is 0.701. The molecule has 11 heteroatoms. The van der Waals surface area contributed by atoms with Crippen molar-refractivity contribution in [1.82, 2.24) is 34.8 Å². The molecule has 1 saturated heterocycles. The zero-order valence-corrected chi connectivity index (χ0v) is 15.8. The van der Waals surface area contributed by atoms with Gasteiger partial charge in [-0.05, 0) is 18.6 Å². The second-order valence-electron chi connectivity index (χ2n) is 7.50. The van der Waals surface area contributed by atoms with Gasteiger partial charge in [0.15, 0.2) is 5.82 Å². The van der Waals surface area contributed by atoms with Gasteiger partial charge in [0.05, 0.1) is 18.3 Å². The van der Waals surface area contributed by atoms with E-state index in [0.717, 1.165) is 35.6 Å². The number of carbonyl (C=O) groups is 1. The lowest BCUT2D eigenvalue weighted by molar-refractivity contribution is -0.137. The van der Waals surface area contributed by atoms with E-state index < -0.39 is 11.7 Å². The number of nitrogens with one attached hydrogen (secondary N) is 1. The summed E-state index contributed by atoms with van der Waals surface area (Å²) in [5.41, 5.74) is 0.174. The van der Waals surface area contributed by atoms with E-state index in [9.17, 15) is 18.0 Å². The molecule has 0 spiro atoms. The standard InChI is InChI=1S/C19H18F3N7O/c20-19(21,22)13-7-25-29(10-13)16-3-2-12-9-28(18(30)17(12)26-16)15-6-14(23-8-15)11-27-5-1-4-24-27/h1-5,7,10,14-15,23H,6,8-9,11H2/t14-,15+/m0/s1. The first-order valence-electron chi connectivity index (χ1n) is 9.52. The Morgan fingerprint density at radius 2 is 2.10 bits per heavy atom. The zero-order chi connectivity index (χ0) is 20.9. The number of hydrogen-bond donors (Lipinski definition) is 1. The molecule has 0 aliphatic carbocycles. The highest BCUT2D eigenvalue weighted by Crippen LogP contribution is 2.30. The summed E-state index contributed by atoms with van der Waals surface area (Å²) in [6.45, 7) is 1.84. The Kier molecular flexibility index (Phi) is 4.35. The van der Waals surface area contributed by atoms with Crippen LogP contribution in [0.25, 0.3) is 5.82 Å². The van der Waals surface area contributed by atoms with Gasteiger partial charge in [0.25, 0.3) is 5.91 Å². The molecule has 0 bridgehead atoms. The summed E-state index contributed by atoms with van der Waals surface area (Å²) in [5.74, 6) is -0.0258. The van der Waals surface area contributed by atoms with Crippen molar-refractivity contribution in [3.8, 4) is 5.82 Å². The topological polar surface area (TPSA) is 80.9 Å². The van der Waals surface area contributed by atoms with Crippen LogP contribution in [0, 0.1) is 0 Å². The molecule has 3 aromatic rings. The first-order chi connectivity index (χ1) is 14.4. The number of pyridine rings is 1. The first kappa shape index (κ1) is 18.8. The van der Waals surface area contributed by atoms with E-state index in [-0.39, 0.29) is 29.5 Å². The third kappa shape index (κ3) is 3.34. The van der Waals surface area contributed by atoms with Crippen LogP contribution in [0.3, 0.4) is 0 Å². The van der Waals surface area contributed by atoms with Gasteiger partial charge in [-0.25, -0.2) is 9.67 Å². The summed E-state index contributed by atoms with van der Waals surface area (Å²) in [6, 6.07) is 5.41. The number of aromatic nitrogens is 5. The van der Waals surface area contributed by atoms with E-state index in [0.29, 0.717) is 13.1 Å². The van der Waals surface area contributed by atoms with Crippen molar-refractivity contribution in [2.24, 2.45) is 0 Å². The Hall–Kier alpha value is -3.21. The number of alkyl halides is 3. The predicted molar refractivity (Wildman–Crippen MR) is 98.7 cm³/mol. The highest BCUT2D eigenvalue weighted by Gasteiger charge is 2.38. The fourth-order valence-electron chi connectivity index (χ4n) is 4.01. The smallest absolute Gasteiger partial charge is 0.329 e. The van der Waals surface area contributed by atoms with E-state index in [1.807, 2.05) is 16.9 Å². The minimum Gasteiger partial charge on any atom is -0.329 e. The van der Waals surface area contributed by atoms with Crippen LogP contribution in [0.15, 0.2) is 43.0 Å². The molecule has 3 aromatic heterocycles. The molecule has 8 nitrogen and oxygen atoms in total. The van der Waals surface area contributed by atoms with Crippen molar-refractivity contribution in [2.45, 2.75) is 37.8 Å². The summed E-state index contributed by atoms with van der Waals surface area (Å²) in [6.07, 6.45) is 1.55. The molecule has 1 amide bonds. The van der Waals surface area contributed by atoms with Gasteiger partial charge in [-0.2, -0.15) is 23.4 Å². The molecule has 2 aliphatic rings. The number of amides is 1. The Balaban J connectivity index is 1.31. The van der Waals surface area contributed by atoms with Crippen LogP contribution in [0.2, 0.25) is 0 Å². The highest BCUT2D eigenvalue weighted by atomic mass is 19.4. The average Bonchev–Trinajstić information content (AvgIpc) is 3.49. The lowest BCUT2D eigenvalue weighted by Gasteiger charge is -2.22. The lowest BCUT2D eigenvalue weighted by Crippen LogP contribution is -2.37. The predicted octanol–water partition coefficient (Wildman–Crippen LogP) is 1.87. The molecule has 2 aliphatic heterocycles. The Bertz CT molecular complexity index is 1080. The number of halogens is 3. The van der Waals surface area contributed by atoms with Gasteiger partial charge in [0.2, 0.25) is 0 Å². The van der Waals surface area contributed by atoms with Gasteiger partial charge < -0.3 is 10.2 Å². The number of hydrogen-bond acceptors (Lipinski definition) is 5. The van der Waals surface area contributed by atoms with Crippen molar-refractivity contribution in [1.29, 1.82) is 0 Å². The Labute approximate surface area is 169 Å². The fraction of sp³-hybridized carbons (Fsp3) is 0.368. The maximum Gasteiger partial charge on any atom is 0.419 e. The lowest BCUT2D eigenvalue weighted by atomic mass is 10.1. The molecule has 5 heterocycles. The summed E-state index contributed by atoms with van der Waals surface area (Å²) >= 11 is 0. The fourth-order valence-corrected chi connectivity index (χ4v) is 4.01. The van der Waals surface area contributed by atoms with E-state index in [1.54, 1.807) is 23.2 Å². The number of rotatable bonds is 4. The summed E-state index contributed by atoms with van der Waals surface area (Å²) in [5, 5.41) is 11.4. The van der Waals surface area contributed by atoms with Crippen LogP contribution in [0.5, 0.6) is 0 Å². The molecule has 0 radical (unpaired) electrons. The van der Waals surface area contributed by atoms with Crippen molar-refractivity contribution in [3.63, 3.8) is 0 Å². The second-order valence-corrected chi connectivity index (χ2v) is 7.50. The molecular weight excluding hydrogens is 399 g/mol. The number of carbonyl (C=O) groups excluding carboxylic acids is 1. The number of fused-ring (bicyclic) bond motifs is 1. The molecule has 5 rings (SSSR count). The molecule has 30 heavy (non-hydrogen) atoms. The highest BCUT2D eigenvalue weighted by molar-refractivity contribution is 5.96. The Morgan fingerprint density at radius 1 is 1.23 bits per heavy atom. The third-order valence-electron chi connectivity index (χ3n) is 5.52. The van der Waals surface area contributed by atoms with Crippen LogP contribution in [0.1, 0.15) is 28.0 Å². The van der Waals surface area contributed by atoms with Crippen LogP contribution < -0.4 is 5.32 Å². The van der Waals surface area contributed by atoms with Crippen molar-refractivity contribution < 1.29 is 18.0 Å². The van der Waals surface area contributed by atoms with Gasteiger partial charge in [0, 0.05) is 49.3 Å². The maximum atomic E-state index is 13.0. The van der Waals surface area contributed by atoms with Gasteiger partial charge in [-0.15, -0.1) is 0 Å². The van der Waals surface area contributed by atoms with Gasteiger partial charge in [-0.1, -0.05) is 6.07 Å². The monoisotopic (exact) mass is 417 g/mol. The second kappa shape index (κ2) is 6.94. The van der Waals surface area contributed by atoms with Crippen LogP contribution in [-0.2, 0) is 19.3 Å². The number of nitrogens with zero attached hydrogens (tertiary/aromatic N) is 6. The summed E-state index contributed by atoms with van der Waals surface area (Å²) < 4.78 is 41.4. The Morgan fingerprint density at radius 3 is 2.83 bits per heavy atom. The van der Waals surface area contributed by atoms with Crippen LogP contribution >= 0.6 is 0 Å². The maximum absolute atomic E-state index is 13.0. The van der Waals surface area contributed by atoms with Crippen molar-refractivity contribution in [2.75, 3.05) is 6.54 Å². The molecule has 1 N–H and O–H groups in total. The molecule has 156 valence electrons. The van der Waals surface area contributed by atoms with Gasteiger partial charge >= 0.3 is 6.18 Å². The van der Waals surface area contributed by atoms with Gasteiger partial charge in [0.1, 0.15) is 5.69 Å². The normalized spacial score (nSPS) is 21.4. The molecule has 0 saturated carbocycles. The summed E-state index contributed by atoms with van der Waals surface area (Å²) in [7, 11) is 0. The van der Waals surface area contributed by atoms with E-state index in [2.05, 4.69) is 20.5 Å². The van der Waals surface area contributed by atoms with Crippen LogP contribution in [-0.4, -0.2) is 54.0 Å². The molecule has 1 fully saturated rings. The van der Waals surface area contributed by atoms with Crippen molar-refractivity contribution >= 4 is 5.91 Å². The minimum absolute atomic E-state index is 0.0252. The van der Waals surface area contributed by atoms with E-state index in [1.165, 1.54) is 0 Å². The zero-order valence-electron chi connectivity index (χ0n) is 15.8. The molecular formula is C19H18F3N7O. The average molecular weight is 417 g/mol. The minimum atomic E-state index is -4.48. The SMILES string of the molecule is O=C1c2nc(-n3cc(C(F)(F)F)cn3)ccc2CN1[C@H]1CN[C@H](Cn2cccn2)C1. The molecule has 2 atom stereocenters. The molecule has 0 aromatic carbocycles. The van der Waals surface area contributed by atoms with E-state index >= 15 is 0 Å². The summed E-state index contributed by atoms with van der Waals surface area (Å²) in [4.78, 5) is 19.1. The first-order valence-corrected chi connectivity index (χ1v) is 9.52. The van der Waals surface area contributed by atoms with Crippen molar-refractivity contribution in [3.05, 3.63) is 59.8 Å². The molecule has 0 unspecified atom stereocenters.